The van der Waals surface area contributed by atoms with Crippen LogP contribution in [0.4, 0.5) is 0 Å². The summed E-state index contributed by atoms with van der Waals surface area (Å²) < 4.78 is 0. The smallest absolute Gasteiger partial charge is 0.241 e. The summed E-state index contributed by atoms with van der Waals surface area (Å²) in [4.78, 5) is 10.3. The van der Waals surface area contributed by atoms with E-state index in [0.29, 0.717) is 5.92 Å². The topological polar surface area (TPSA) is 43.1 Å². The molecule has 0 aromatic carbocycles. The molecule has 0 saturated heterocycles. The monoisotopic (exact) mass is 161 g/mol. The molecule has 1 rings (SSSR count). The van der Waals surface area contributed by atoms with Crippen molar-refractivity contribution in [2.75, 3.05) is 0 Å². The number of amides is 1. The highest BCUT2D eigenvalue weighted by molar-refractivity contribution is 5.85. The van der Waals surface area contributed by atoms with Gasteiger partial charge in [-0.05, 0) is 0 Å². The van der Waals surface area contributed by atoms with E-state index in [1.807, 2.05) is 24.3 Å². The maximum Gasteiger partial charge on any atom is 0.241 e. The molecule has 2 N–H and O–H groups in total. The molecule has 0 bridgehead atoms. The van der Waals surface area contributed by atoms with E-state index in [9.17, 15) is 4.79 Å². The molecule has 12 heavy (non-hydrogen) atoms. The van der Waals surface area contributed by atoms with Crippen LogP contribution in [0, 0.1) is 5.92 Å². The van der Waals surface area contributed by atoms with Crippen molar-refractivity contribution in [1.29, 1.82) is 0 Å². The van der Waals surface area contributed by atoms with Crippen LogP contribution in [-0.2, 0) is 4.79 Å². The highest BCUT2D eigenvalue weighted by atomic mass is 16.1. The quantitative estimate of drug-likeness (QED) is 0.492. The second kappa shape index (κ2) is 4.34. The number of carbonyl (C=O) groups excluding carboxylic acids is 1. The average molecular weight is 161 g/mol. The van der Waals surface area contributed by atoms with Crippen molar-refractivity contribution in [1.82, 2.24) is 0 Å². The largest absolute Gasteiger partial charge is 0.366 e. The Bertz CT molecular complexity index is 260. The van der Waals surface area contributed by atoms with Crippen LogP contribution in [0.5, 0.6) is 0 Å². The number of rotatable bonds is 3. The number of hydrogen-bond acceptors (Lipinski definition) is 1. The number of primary amides is 1. The SMILES string of the molecule is NC(=O)/C=C/C=C/C1C=CC=C1. The number of allylic oxidation sites excluding steroid dienone is 7. The van der Waals surface area contributed by atoms with E-state index < -0.39 is 5.91 Å². The van der Waals surface area contributed by atoms with Gasteiger partial charge in [0.2, 0.25) is 5.91 Å². The normalized spacial score (nSPS) is 17.0. The Morgan fingerprint density at radius 1 is 1.25 bits per heavy atom. The third kappa shape index (κ3) is 3.01. The lowest BCUT2D eigenvalue weighted by Gasteiger charge is -1.91. The fourth-order valence-corrected chi connectivity index (χ4v) is 0.920. The Kier molecular flexibility index (Phi) is 3.08. The van der Waals surface area contributed by atoms with Crippen molar-refractivity contribution in [3.8, 4) is 0 Å². The molecule has 2 nitrogen and oxygen atoms in total. The van der Waals surface area contributed by atoms with Gasteiger partial charge in [-0.1, -0.05) is 42.5 Å². The van der Waals surface area contributed by atoms with Gasteiger partial charge in [0, 0.05) is 12.0 Å². The minimum atomic E-state index is -0.419. The standard InChI is InChI=1S/C10H11NO/c11-10(12)8-4-3-7-9-5-1-2-6-9/h1-9H,(H2,11,12)/b7-3+,8-4+. The first kappa shape index (κ1) is 8.53. The van der Waals surface area contributed by atoms with Crippen LogP contribution in [0.25, 0.3) is 0 Å². The molecule has 0 heterocycles. The zero-order valence-electron chi connectivity index (χ0n) is 6.68. The molecule has 0 radical (unpaired) electrons. The van der Waals surface area contributed by atoms with Crippen LogP contribution < -0.4 is 5.73 Å². The van der Waals surface area contributed by atoms with Gasteiger partial charge in [0.1, 0.15) is 0 Å². The van der Waals surface area contributed by atoms with Gasteiger partial charge in [0.05, 0.1) is 0 Å². The summed E-state index contributed by atoms with van der Waals surface area (Å²) in [6, 6.07) is 0. The molecular weight excluding hydrogens is 150 g/mol. The Morgan fingerprint density at radius 2 is 1.92 bits per heavy atom. The van der Waals surface area contributed by atoms with Crippen molar-refractivity contribution in [2.45, 2.75) is 0 Å². The fourth-order valence-electron chi connectivity index (χ4n) is 0.920. The number of carbonyl (C=O) groups is 1. The molecule has 0 spiro atoms. The fraction of sp³-hybridized carbons (Fsp3) is 0.100. The van der Waals surface area contributed by atoms with Gasteiger partial charge in [0.15, 0.2) is 0 Å². The van der Waals surface area contributed by atoms with Crippen LogP contribution in [0.15, 0.2) is 48.6 Å². The predicted octanol–water partition coefficient (Wildman–Crippen LogP) is 1.33. The molecule has 0 unspecified atom stereocenters. The molecule has 0 aliphatic heterocycles. The molecular formula is C10H11NO. The van der Waals surface area contributed by atoms with E-state index >= 15 is 0 Å². The molecule has 0 atom stereocenters. The molecule has 1 amide bonds. The van der Waals surface area contributed by atoms with Gasteiger partial charge in [-0.3, -0.25) is 4.79 Å². The van der Waals surface area contributed by atoms with Crippen LogP contribution in [0.3, 0.4) is 0 Å². The Hall–Kier alpha value is -1.57. The lowest BCUT2D eigenvalue weighted by molar-refractivity contribution is -0.113. The molecule has 0 saturated carbocycles. The summed E-state index contributed by atoms with van der Waals surface area (Å²) in [6.07, 6.45) is 14.9. The lowest BCUT2D eigenvalue weighted by atomic mass is 10.1. The Labute approximate surface area is 71.8 Å². The molecule has 1 aliphatic rings. The molecule has 0 fully saturated rings. The molecule has 62 valence electrons. The highest BCUT2D eigenvalue weighted by Gasteiger charge is 1.95. The van der Waals surface area contributed by atoms with Crippen molar-refractivity contribution in [2.24, 2.45) is 11.7 Å². The third-order valence-electron chi connectivity index (χ3n) is 1.48. The van der Waals surface area contributed by atoms with Crippen LogP contribution in [-0.4, -0.2) is 5.91 Å². The van der Waals surface area contributed by atoms with Gasteiger partial charge in [0.25, 0.3) is 0 Å². The van der Waals surface area contributed by atoms with E-state index in [4.69, 9.17) is 5.73 Å². The van der Waals surface area contributed by atoms with E-state index in [-0.39, 0.29) is 0 Å². The summed E-state index contributed by atoms with van der Waals surface area (Å²) in [5.41, 5.74) is 4.90. The predicted molar refractivity (Wildman–Crippen MR) is 49.2 cm³/mol. The van der Waals surface area contributed by atoms with Crippen LogP contribution in [0.2, 0.25) is 0 Å². The first-order chi connectivity index (χ1) is 5.79. The number of hydrogen-bond donors (Lipinski definition) is 1. The Balaban J connectivity index is 2.35. The van der Waals surface area contributed by atoms with Gasteiger partial charge < -0.3 is 5.73 Å². The summed E-state index contributed by atoms with van der Waals surface area (Å²) in [6.45, 7) is 0. The minimum absolute atomic E-state index is 0.363. The summed E-state index contributed by atoms with van der Waals surface area (Å²) >= 11 is 0. The minimum Gasteiger partial charge on any atom is -0.366 e. The van der Waals surface area contributed by atoms with E-state index in [1.54, 1.807) is 6.08 Å². The Morgan fingerprint density at radius 3 is 2.50 bits per heavy atom. The second-order valence-electron chi connectivity index (χ2n) is 2.49. The molecule has 0 aromatic rings. The summed E-state index contributed by atoms with van der Waals surface area (Å²) in [5, 5.41) is 0. The zero-order chi connectivity index (χ0) is 8.81. The van der Waals surface area contributed by atoms with E-state index in [0.717, 1.165) is 0 Å². The molecule has 0 aromatic heterocycles. The lowest BCUT2D eigenvalue weighted by Crippen LogP contribution is -2.04. The first-order valence-electron chi connectivity index (χ1n) is 3.78. The highest BCUT2D eigenvalue weighted by Crippen LogP contribution is 2.09. The maximum absolute atomic E-state index is 10.3. The molecule has 2 heteroatoms. The van der Waals surface area contributed by atoms with Gasteiger partial charge in [-0.2, -0.15) is 0 Å². The second-order valence-corrected chi connectivity index (χ2v) is 2.49. The average Bonchev–Trinajstić information content (AvgIpc) is 2.49. The van der Waals surface area contributed by atoms with E-state index in [2.05, 4.69) is 12.2 Å². The van der Waals surface area contributed by atoms with Gasteiger partial charge in [-0.25, -0.2) is 0 Å². The number of nitrogens with two attached hydrogens (primary N) is 1. The van der Waals surface area contributed by atoms with Crippen molar-refractivity contribution in [3.63, 3.8) is 0 Å². The van der Waals surface area contributed by atoms with Crippen molar-refractivity contribution in [3.05, 3.63) is 48.6 Å². The molecule has 1 aliphatic carbocycles. The summed E-state index contributed by atoms with van der Waals surface area (Å²) in [7, 11) is 0. The van der Waals surface area contributed by atoms with Crippen molar-refractivity contribution >= 4 is 5.91 Å². The van der Waals surface area contributed by atoms with E-state index in [1.165, 1.54) is 6.08 Å². The zero-order valence-corrected chi connectivity index (χ0v) is 6.68. The van der Waals surface area contributed by atoms with Gasteiger partial charge in [-0.15, -0.1) is 0 Å². The third-order valence-corrected chi connectivity index (χ3v) is 1.48. The van der Waals surface area contributed by atoms with Crippen LogP contribution >= 0.6 is 0 Å². The van der Waals surface area contributed by atoms with Gasteiger partial charge >= 0.3 is 0 Å². The summed E-state index contributed by atoms with van der Waals surface area (Å²) in [5.74, 6) is -0.0558. The van der Waals surface area contributed by atoms with Crippen LogP contribution in [0.1, 0.15) is 0 Å². The van der Waals surface area contributed by atoms with Crippen molar-refractivity contribution < 1.29 is 4.79 Å². The first-order valence-corrected chi connectivity index (χ1v) is 3.78. The maximum atomic E-state index is 10.3.